The maximum Gasteiger partial charge on any atom is 0.264 e. The normalized spacial score (nSPS) is 12.1. The number of anilines is 1. The average molecular weight is 603 g/mol. The number of sulfonamides is 1. The van der Waals surface area contributed by atoms with E-state index in [0.29, 0.717) is 15.6 Å². The minimum atomic E-state index is -4.26. The van der Waals surface area contributed by atoms with Gasteiger partial charge in [0.2, 0.25) is 11.8 Å². The SMILES string of the molecule is CNC(=O)[C@@H](C)N(Cc1ccc(Cl)cc1Cl)C(=O)CN(c1cccc(Cl)c1Cl)S(=O)(=O)c1ccccc1. The number of likely N-dealkylation sites (N-methyl/N-ethyl adjacent to an activating group) is 1. The van der Waals surface area contributed by atoms with Crippen molar-refractivity contribution < 1.29 is 18.0 Å². The first-order chi connectivity index (χ1) is 17.5. The number of benzene rings is 3. The third-order valence-electron chi connectivity index (χ3n) is 5.58. The number of rotatable bonds is 9. The fourth-order valence-electron chi connectivity index (χ4n) is 3.54. The molecule has 196 valence electrons. The van der Waals surface area contributed by atoms with Gasteiger partial charge in [-0.15, -0.1) is 0 Å². The largest absolute Gasteiger partial charge is 0.357 e. The summed E-state index contributed by atoms with van der Waals surface area (Å²) in [5.74, 6) is -1.12. The molecule has 37 heavy (non-hydrogen) atoms. The van der Waals surface area contributed by atoms with E-state index in [9.17, 15) is 18.0 Å². The number of carbonyl (C=O) groups is 2. The quantitative estimate of drug-likeness (QED) is 0.342. The summed E-state index contributed by atoms with van der Waals surface area (Å²) in [5.41, 5.74) is 0.539. The summed E-state index contributed by atoms with van der Waals surface area (Å²) < 4.78 is 28.3. The Morgan fingerprint density at radius 3 is 2.22 bits per heavy atom. The van der Waals surface area contributed by atoms with Crippen LogP contribution in [0.4, 0.5) is 5.69 Å². The number of hydrogen-bond acceptors (Lipinski definition) is 4. The van der Waals surface area contributed by atoms with Gasteiger partial charge in [0.05, 0.1) is 20.6 Å². The van der Waals surface area contributed by atoms with Crippen molar-refractivity contribution in [2.24, 2.45) is 0 Å². The van der Waals surface area contributed by atoms with Crippen molar-refractivity contribution in [2.45, 2.75) is 24.4 Å². The summed E-state index contributed by atoms with van der Waals surface area (Å²) in [5, 5.41) is 3.28. The predicted octanol–water partition coefficient (Wildman–Crippen LogP) is 5.66. The molecule has 0 saturated heterocycles. The molecule has 0 fully saturated rings. The molecule has 0 aliphatic carbocycles. The highest BCUT2D eigenvalue weighted by atomic mass is 35.5. The first-order valence-corrected chi connectivity index (χ1v) is 13.9. The summed E-state index contributed by atoms with van der Waals surface area (Å²) in [4.78, 5) is 27.5. The summed E-state index contributed by atoms with van der Waals surface area (Å²) in [6.45, 7) is 0.790. The summed E-state index contributed by atoms with van der Waals surface area (Å²) in [6.07, 6.45) is 0. The van der Waals surface area contributed by atoms with Crippen LogP contribution in [0.3, 0.4) is 0 Å². The minimum absolute atomic E-state index is 0.0171. The van der Waals surface area contributed by atoms with Gasteiger partial charge in [-0.1, -0.05) is 76.7 Å². The van der Waals surface area contributed by atoms with E-state index in [0.717, 1.165) is 4.31 Å². The van der Waals surface area contributed by atoms with Crippen LogP contribution in [-0.4, -0.2) is 44.8 Å². The fourth-order valence-corrected chi connectivity index (χ4v) is 5.91. The van der Waals surface area contributed by atoms with E-state index in [4.69, 9.17) is 46.4 Å². The Kier molecular flexibility index (Phi) is 9.72. The second-order valence-electron chi connectivity index (χ2n) is 7.95. The Morgan fingerprint density at radius 1 is 0.919 bits per heavy atom. The molecule has 1 N–H and O–H groups in total. The second kappa shape index (κ2) is 12.4. The van der Waals surface area contributed by atoms with Gasteiger partial charge in [0, 0.05) is 23.6 Å². The minimum Gasteiger partial charge on any atom is -0.357 e. The summed E-state index contributed by atoms with van der Waals surface area (Å²) >= 11 is 24.9. The molecule has 0 aliphatic heterocycles. The number of carbonyl (C=O) groups excluding carboxylic acids is 2. The molecule has 0 aromatic heterocycles. The second-order valence-corrected chi connectivity index (χ2v) is 11.4. The molecule has 3 rings (SSSR count). The Bertz CT molecular complexity index is 1400. The van der Waals surface area contributed by atoms with Gasteiger partial charge >= 0.3 is 0 Å². The molecule has 0 heterocycles. The van der Waals surface area contributed by atoms with Crippen LogP contribution in [0.5, 0.6) is 0 Å². The third-order valence-corrected chi connectivity index (χ3v) is 8.75. The standard InChI is InChI=1S/C25H23Cl4N3O4S/c1-16(25(34)30-2)31(14-17-11-12-18(26)13-21(17)28)23(33)15-32(22-10-6-9-20(27)24(22)29)37(35,36)19-7-4-3-5-8-19/h3-13,16H,14-15H2,1-2H3,(H,30,34)/t16-/m1/s1. The van der Waals surface area contributed by atoms with Crippen LogP contribution in [0.1, 0.15) is 12.5 Å². The van der Waals surface area contributed by atoms with Gasteiger partial charge in [0.25, 0.3) is 10.0 Å². The maximum atomic E-state index is 13.7. The highest BCUT2D eigenvalue weighted by Crippen LogP contribution is 2.35. The van der Waals surface area contributed by atoms with E-state index in [1.807, 2.05) is 0 Å². The van der Waals surface area contributed by atoms with Crippen LogP contribution in [-0.2, 0) is 26.2 Å². The molecule has 0 spiro atoms. The Hall–Kier alpha value is -2.49. The van der Waals surface area contributed by atoms with E-state index in [1.54, 1.807) is 30.3 Å². The van der Waals surface area contributed by atoms with Crippen LogP contribution in [0.2, 0.25) is 20.1 Å². The smallest absolute Gasteiger partial charge is 0.264 e. The molecule has 3 aromatic rings. The van der Waals surface area contributed by atoms with Gasteiger partial charge in [-0.25, -0.2) is 8.42 Å². The van der Waals surface area contributed by atoms with E-state index in [2.05, 4.69) is 5.32 Å². The molecule has 12 heteroatoms. The number of halogens is 4. The first-order valence-electron chi connectivity index (χ1n) is 10.9. The van der Waals surface area contributed by atoms with Crippen molar-refractivity contribution in [3.8, 4) is 0 Å². The lowest BCUT2D eigenvalue weighted by molar-refractivity contribution is -0.139. The van der Waals surface area contributed by atoms with E-state index in [-0.39, 0.29) is 27.2 Å². The Morgan fingerprint density at radius 2 is 1.59 bits per heavy atom. The van der Waals surface area contributed by atoms with Crippen LogP contribution >= 0.6 is 46.4 Å². The van der Waals surface area contributed by atoms with Gasteiger partial charge in [0.15, 0.2) is 0 Å². The zero-order valence-electron chi connectivity index (χ0n) is 19.8. The molecule has 1 atom stereocenters. The number of hydrogen-bond donors (Lipinski definition) is 1. The van der Waals surface area contributed by atoms with Crippen molar-refractivity contribution in [1.29, 1.82) is 0 Å². The third kappa shape index (κ3) is 6.69. The van der Waals surface area contributed by atoms with Gasteiger partial charge in [-0.2, -0.15) is 0 Å². The van der Waals surface area contributed by atoms with Crippen molar-refractivity contribution in [3.63, 3.8) is 0 Å². The van der Waals surface area contributed by atoms with Crippen molar-refractivity contribution in [3.05, 3.63) is 92.4 Å². The monoisotopic (exact) mass is 601 g/mol. The van der Waals surface area contributed by atoms with Gasteiger partial charge in [0.1, 0.15) is 12.6 Å². The predicted molar refractivity (Wildman–Crippen MR) is 148 cm³/mol. The van der Waals surface area contributed by atoms with E-state index in [1.165, 1.54) is 55.3 Å². The van der Waals surface area contributed by atoms with Crippen LogP contribution in [0, 0.1) is 0 Å². The lowest BCUT2D eigenvalue weighted by Crippen LogP contribution is -2.50. The van der Waals surface area contributed by atoms with Gasteiger partial charge in [-0.05, 0) is 48.9 Å². The molecule has 7 nitrogen and oxygen atoms in total. The topological polar surface area (TPSA) is 86.8 Å². The molecule has 3 aromatic carbocycles. The van der Waals surface area contributed by atoms with Gasteiger partial charge < -0.3 is 10.2 Å². The van der Waals surface area contributed by atoms with Crippen LogP contribution < -0.4 is 9.62 Å². The highest BCUT2D eigenvalue weighted by Gasteiger charge is 2.33. The average Bonchev–Trinajstić information content (AvgIpc) is 2.88. The molecular formula is C25H23Cl4N3O4S. The van der Waals surface area contributed by atoms with Gasteiger partial charge in [-0.3, -0.25) is 13.9 Å². The number of nitrogens with zero attached hydrogens (tertiary/aromatic N) is 2. The fraction of sp³-hybridized carbons (Fsp3) is 0.200. The lowest BCUT2D eigenvalue weighted by Gasteiger charge is -2.32. The number of nitrogens with one attached hydrogen (secondary N) is 1. The molecule has 0 bridgehead atoms. The zero-order valence-corrected chi connectivity index (χ0v) is 23.6. The molecule has 0 saturated carbocycles. The maximum absolute atomic E-state index is 13.7. The molecule has 0 unspecified atom stereocenters. The lowest BCUT2D eigenvalue weighted by atomic mass is 10.1. The van der Waals surface area contributed by atoms with Crippen molar-refractivity contribution in [2.75, 3.05) is 17.9 Å². The molecule has 0 aliphatic rings. The summed E-state index contributed by atoms with van der Waals surface area (Å²) in [7, 11) is -2.82. The first kappa shape index (κ1) is 29.1. The molecular weight excluding hydrogens is 580 g/mol. The Balaban J connectivity index is 2.08. The Labute approximate surface area is 235 Å². The van der Waals surface area contributed by atoms with Crippen molar-refractivity contribution in [1.82, 2.24) is 10.2 Å². The number of amides is 2. The molecule has 2 amide bonds. The van der Waals surface area contributed by atoms with Crippen molar-refractivity contribution >= 4 is 73.9 Å². The molecule has 0 radical (unpaired) electrons. The zero-order chi connectivity index (χ0) is 27.3. The van der Waals surface area contributed by atoms with Crippen LogP contribution in [0.15, 0.2) is 71.6 Å². The van der Waals surface area contributed by atoms with Crippen LogP contribution in [0.25, 0.3) is 0 Å². The summed E-state index contributed by atoms with van der Waals surface area (Å²) in [6, 6.07) is 15.9. The van der Waals surface area contributed by atoms with E-state index >= 15 is 0 Å². The van der Waals surface area contributed by atoms with E-state index < -0.39 is 34.4 Å². The highest BCUT2D eigenvalue weighted by molar-refractivity contribution is 7.92.